The average Bonchev–Trinajstić information content (AvgIpc) is 3.09. The fourth-order valence-corrected chi connectivity index (χ4v) is 3.56. The van der Waals surface area contributed by atoms with E-state index in [9.17, 15) is 4.79 Å². The summed E-state index contributed by atoms with van der Waals surface area (Å²) < 4.78 is 0. The Labute approximate surface area is 142 Å². The molecular weight excluding hydrogens is 300 g/mol. The molecule has 124 valence electrons. The zero-order chi connectivity index (χ0) is 16.5. The fourth-order valence-electron chi connectivity index (χ4n) is 3.56. The smallest absolute Gasteiger partial charge is 0.227 e. The Balaban J connectivity index is 1.78. The second-order valence-corrected chi connectivity index (χ2v) is 6.82. The van der Waals surface area contributed by atoms with Crippen LogP contribution in [0.15, 0.2) is 30.3 Å². The van der Waals surface area contributed by atoms with Crippen molar-refractivity contribution in [2.24, 2.45) is 5.92 Å². The van der Waals surface area contributed by atoms with Gasteiger partial charge in [-0.05, 0) is 37.3 Å². The third kappa shape index (κ3) is 2.86. The number of ketones is 1. The highest BCUT2D eigenvalue weighted by atomic mass is 16.1. The molecule has 1 saturated heterocycles. The summed E-state index contributed by atoms with van der Waals surface area (Å²) in [5.74, 6) is 1.91. The van der Waals surface area contributed by atoms with Gasteiger partial charge in [-0.15, -0.1) is 0 Å². The van der Waals surface area contributed by atoms with Crippen LogP contribution >= 0.6 is 0 Å². The van der Waals surface area contributed by atoms with Gasteiger partial charge in [0.05, 0.1) is 11.3 Å². The molecule has 1 unspecified atom stereocenters. The largest absolute Gasteiger partial charge is 0.341 e. The Hall–Kier alpha value is -2.43. The molecule has 1 aromatic heterocycles. The Kier molecular flexibility index (Phi) is 3.92. The first-order chi connectivity index (χ1) is 11.7. The van der Waals surface area contributed by atoms with Gasteiger partial charge in [0.25, 0.3) is 0 Å². The van der Waals surface area contributed by atoms with Gasteiger partial charge in [-0.1, -0.05) is 25.1 Å². The quantitative estimate of drug-likeness (QED) is 0.936. The Morgan fingerprint density at radius 2 is 1.83 bits per heavy atom. The van der Waals surface area contributed by atoms with Gasteiger partial charge in [0.2, 0.25) is 5.95 Å². The molecule has 5 heteroatoms. The van der Waals surface area contributed by atoms with Crippen molar-refractivity contribution < 1.29 is 4.79 Å². The molecular formula is C19H22N4O. The molecule has 1 fully saturated rings. The summed E-state index contributed by atoms with van der Waals surface area (Å²) in [5.41, 5.74) is 2.52. The van der Waals surface area contributed by atoms with E-state index in [2.05, 4.69) is 17.1 Å². The minimum atomic E-state index is 0.148. The van der Waals surface area contributed by atoms with Crippen LogP contribution in [0.1, 0.15) is 42.2 Å². The molecule has 0 spiro atoms. The predicted molar refractivity (Wildman–Crippen MR) is 95.0 cm³/mol. The van der Waals surface area contributed by atoms with E-state index in [1.54, 1.807) is 0 Å². The van der Waals surface area contributed by atoms with Crippen molar-refractivity contribution in [2.75, 3.05) is 23.3 Å². The molecule has 2 heterocycles. The van der Waals surface area contributed by atoms with Crippen molar-refractivity contribution in [1.29, 1.82) is 0 Å². The van der Waals surface area contributed by atoms with Crippen molar-refractivity contribution in [3.05, 3.63) is 41.6 Å². The zero-order valence-corrected chi connectivity index (χ0v) is 14.0. The predicted octanol–water partition coefficient (Wildman–Crippen LogP) is 3.59. The second-order valence-electron chi connectivity index (χ2n) is 6.82. The van der Waals surface area contributed by atoms with Gasteiger partial charge in [0.15, 0.2) is 5.78 Å². The number of hydrogen-bond donors (Lipinski definition) is 1. The number of nitrogens with one attached hydrogen (secondary N) is 1. The molecule has 0 bridgehead atoms. The van der Waals surface area contributed by atoms with Gasteiger partial charge in [-0.2, -0.15) is 4.98 Å². The first-order valence-corrected chi connectivity index (χ1v) is 8.72. The van der Waals surface area contributed by atoms with Crippen LogP contribution < -0.4 is 10.2 Å². The molecule has 1 atom stereocenters. The standard InChI is InChI=1S/C19H22N4O/c1-13-11-15-17(16(24)12-13)18(20-14-7-3-2-4-8-14)22-19(21-15)23-9-5-6-10-23/h2-4,7-8,13H,5-6,9-12H2,1H3,(H,20,21,22). The molecule has 2 aromatic rings. The normalized spacial score (nSPS) is 20.1. The number of anilines is 3. The molecule has 1 aromatic carbocycles. The molecule has 0 saturated carbocycles. The highest BCUT2D eigenvalue weighted by Gasteiger charge is 2.29. The number of rotatable bonds is 3. The van der Waals surface area contributed by atoms with Crippen molar-refractivity contribution in [1.82, 2.24) is 9.97 Å². The summed E-state index contributed by atoms with van der Waals surface area (Å²) >= 11 is 0. The van der Waals surface area contributed by atoms with Gasteiger partial charge < -0.3 is 10.2 Å². The summed E-state index contributed by atoms with van der Waals surface area (Å²) in [6.07, 6.45) is 3.77. The maximum Gasteiger partial charge on any atom is 0.227 e. The van der Waals surface area contributed by atoms with Crippen LogP contribution in [0, 0.1) is 5.92 Å². The van der Waals surface area contributed by atoms with Crippen LogP contribution in [0.5, 0.6) is 0 Å². The SMILES string of the molecule is CC1CC(=O)c2c(nc(N3CCCC3)nc2Nc2ccccc2)C1. The topological polar surface area (TPSA) is 58.1 Å². The molecule has 1 N–H and O–H groups in total. The molecule has 4 rings (SSSR count). The lowest BCUT2D eigenvalue weighted by Gasteiger charge is -2.25. The first-order valence-electron chi connectivity index (χ1n) is 8.72. The molecule has 24 heavy (non-hydrogen) atoms. The number of benzene rings is 1. The highest BCUT2D eigenvalue weighted by Crippen LogP contribution is 2.32. The number of nitrogens with zero attached hydrogens (tertiary/aromatic N) is 3. The lowest BCUT2D eigenvalue weighted by Crippen LogP contribution is -2.26. The molecule has 1 aliphatic carbocycles. The van der Waals surface area contributed by atoms with E-state index in [0.717, 1.165) is 36.8 Å². The Morgan fingerprint density at radius 1 is 1.08 bits per heavy atom. The van der Waals surface area contributed by atoms with Crippen molar-refractivity contribution in [3.63, 3.8) is 0 Å². The number of fused-ring (bicyclic) bond motifs is 1. The lowest BCUT2D eigenvalue weighted by atomic mass is 9.87. The Bertz CT molecular complexity index is 753. The number of carbonyl (C=O) groups excluding carboxylic acids is 1. The van der Waals surface area contributed by atoms with Gasteiger partial charge in [-0.25, -0.2) is 4.98 Å². The van der Waals surface area contributed by atoms with Crippen LogP contribution in [0.2, 0.25) is 0 Å². The third-order valence-electron chi connectivity index (χ3n) is 4.75. The highest BCUT2D eigenvalue weighted by molar-refractivity contribution is 6.03. The van der Waals surface area contributed by atoms with Crippen LogP contribution in [-0.2, 0) is 6.42 Å². The fraction of sp³-hybridized carbons (Fsp3) is 0.421. The minimum Gasteiger partial charge on any atom is -0.341 e. The van der Waals surface area contributed by atoms with Gasteiger partial charge in [0.1, 0.15) is 5.82 Å². The van der Waals surface area contributed by atoms with Crippen molar-refractivity contribution in [2.45, 2.75) is 32.6 Å². The Morgan fingerprint density at radius 3 is 2.58 bits per heavy atom. The van der Waals surface area contributed by atoms with E-state index in [4.69, 9.17) is 9.97 Å². The van der Waals surface area contributed by atoms with Crippen molar-refractivity contribution in [3.8, 4) is 0 Å². The lowest BCUT2D eigenvalue weighted by molar-refractivity contribution is 0.0952. The van der Waals surface area contributed by atoms with Crippen LogP contribution in [0.4, 0.5) is 17.5 Å². The number of aromatic nitrogens is 2. The van der Waals surface area contributed by atoms with E-state index in [0.29, 0.717) is 23.7 Å². The van der Waals surface area contributed by atoms with Crippen molar-refractivity contribution >= 4 is 23.2 Å². The molecule has 2 aliphatic rings. The van der Waals surface area contributed by atoms with Gasteiger partial charge in [-0.3, -0.25) is 4.79 Å². The maximum absolute atomic E-state index is 12.6. The second kappa shape index (κ2) is 6.23. The van der Waals surface area contributed by atoms with Crippen LogP contribution in [0.3, 0.4) is 0 Å². The van der Waals surface area contributed by atoms with E-state index in [1.807, 2.05) is 30.3 Å². The number of para-hydroxylation sites is 1. The van der Waals surface area contributed by atoms with E-state index < -0.39 is 0 Å². The van der Waals surface area contributed by atoms with Gasteiger partial charge >= 0.3 is 0 Å². The van der Waals surface area contributed by atoms with E-state index >= 15 is 0 Å². The van der Waals surface area contributed by atoms with Crippen LogP contribution in [0.25, 0.3) is 0 Å². The number of Topliss-reactive ketones (excluding diaryl/α,β-unsaturated/α-hetero) is 1. The summed E-state index contributed by atoms with van der Waals surface area (Å²) in [6.45, 7) is 4.10. The zero-order valence-electron chi connectivity index (χ0n) is 14.0. The summed E-state index contributed by atoms with van der Waals surface area (Å²) in [7, 11) is 0. The van der Waals surface area contributed by atoms with Gasteiger partial charge in [0, 0.05) is 25.2 Å². The summed E-state index contributed by atoms with van der Waals surface area (Å²) in [6, 6.07) is 9.89. The molecule has 0 radical (unpaired) electrons. The minimum absolute atomic E-state index is 0.148. The molecule has 1 aliphatic heterocycles. The van der Waals surface area contributed by atoms with Crippen LogP contribution in [-0.4, -0.2) is 28.8 Å². The molecule has 5 nitrogen and oxygen atoms in total. The maximum atomic E-state index is 12.6. The van der Waals surface area contributed by atoms with E-state index in [1.165, 1.54) is 12.8 Å². The first kappa shape index (κ1) is 15.1. The van der Waals surface area contributed by atoms with E-state index in [-0.39, 0.29) is 5.78 Å². The molecule has 0 amide bonds. The monoisotopic (exact) mass is 322 g/mol. The summed E-state index contributed by atoms with van der Waals surface area (Å²) in [4.78, 5) is 24.3. The average molecular weight is 322 g/mol. The number of hydrogen-bond acceptors (Lipinski definition) is 5. The number of carbonyl (C=O) groups is 1. The third-order valence-corrected chi connectivity index (χ3v) is 4.75. The summed E-state index contributed by atoms with van der Waals surface area (Å²) in [5, 5.41) is 3.34.